The number of hydrogen-bond donors (Lipinski definition) is 2. The fourth-order valence-electron chi connectivity index (χ4n) is 3.72. The molecule has 0 radical (unpaired) electrons. The fourth-order valence-corrected chi connectivity index (χ4v) is 4.34. The van der Waals surface area contributed by atoms with E-state index in [4.69, 9.17) is 4.42 Å². The third-order valence-electron chi connectivity index (χ3n) is 5.31. The molecule has 0 bridgehead atoms. The van der Waals surface area contributed by atoms with E-state index in [0.29, 0.717) is 34.4 Å². The van der Waals surface area contributed by atoms with Crippen molar-refractivity contribution in [3.8, 4) is 11.3 Å². The summed E-state index contributed by atoms with van der Waals surface area (Å²) in [6, 6.07) is 13.9. The Labute approximate surface area is 218 Å². The van der Waals surface area contributed by atoms with Crippen molar-refractivity contribution >= 4 is 52.5 Å². The summed E-state index contributed by atoms with van der Waals surface area (Å²) in [5, 5.41) is 9.40. The standard InChI is InChI=1S/C25H28N4O2S.C2H6.ClH/c1-4-6-19(7-5-2)28-25-29-21-14-20(12-13-23(21)31-25)27-24(30)18-10-8-17(9-11-18)22-15-32-16(3)26-22;1-2;/h8-15,19H,4-7H2,1-3H3,(H,27,30)(H,28,29);1-2H3;1H. The van der Waals surface area contributed by atoms with E-state index in [1.54, 1.807) is 11.3 Å². The van der Waals surface area contributed by atoms with E-state index in [1.807, 2.05) is 68.6 Å². The van der Waals surface area contributed by atoms with Crippen LogP contribution in [-0.4, -0.2) is 21.9 Å². The Balaban J connectivity index is 0.00000140. The Morgan fingerprint density at radius 3 is 2.31 bits per heavy atom. The van der Waals surface area contributed by atoms with Gasteiger partial charge in [-0.25, -0.2) is 4.98 Å². The summed E-state index contributed by atoms with van der Waals surface area (Å²) in [5.74, 6) is -0.168. The van der Waals surface area contributed by atoms with Crippen molar-refractivity contribution in [3.05, 3.63) is 58.4 Å². The molecule has 2 aromatic heterocycles. The second-order valence-electron chi connectivity index (χ2n) is 7.90. The minimum absolute atomic E-state index is 0. The van der Waals surface area contributed by atoms with Gasteiger partial charge in [-0.15, -0.1) is 23.7 Å². The lowest BCUT2D eigenvalue weighted by atomic mass is 10.1. The lowest BCUT2D eigenvalue weighted by molar-refractivity contribution is 0.102. The Morgan fingerprint density at radius 2 is 1.71 bits per heavy atom. The molecule has 35 heavy (non-hydrogen) atoms. The number of aryl methyl sites for hydroxylation is 1. The number of amides is 1. The highest BCUT2D eigenvalue weighted by Crippen LogP contribution is 2.25. The quantitative estimate of drug-likeness (QED) is 0.234. The van der Waals surface area contributed by atoms with Crippen LogP contribution in [0.25, 0.3) is 22.4 Å². The number of rotatable bonds is 9. The molecule has 2 N–H and O–H groups in total. The summed E-state index contributed by atoms with van der Waals surface area (Å²) in [6.07, 6.45) is 4.38. The van der Waals surface area contributed by atoms with E-state index in [9.17, 15) is 4.79 Å². The first-order valence-corrected chi connectivity index (χ1v) is 12.9. The average Bonchev–Trinajstić information content (AvgIpc) is 3.46. The molecule has 8 heteroatoms. The van der Waals surface area contributed by atoms with Gasteiger partial charge in [0.1, 0.15) is 5.52 Å². The maximum Gasteiger partial charge on any atom is 0.295 e. The summed E-state index contributed by atoms with van der Waals surface area (Å²) in [5.41, 5.74) is 4.61. The van der Waals surface area contributed by atoms with E-state index in [0.717, 1.165) is 41.9 Å². The predicted molar refractivity (Wildman–Crippen MR) is 150 cm³/mol. The SMILES string of the molecule is CC.CCCC(CCC)Nc1nc2cc(NC(=O)c3ccc(-c4csc(C)n4)cc3)ccc2o1.Cl. The maximum atomic E-state index is 12.7. The number of anilines is 2. The molecule has 2 aromatic carbocycles. The summed E-state index contributed by atoms with van der Waals surface area (Å²) in [6.45, 7) is 10.3. The van der Waals surface area contributed by atoms with E-state index in [2.05, 4.69) is 34.4 Å². The van der Waals surface area contributed by atoms with Gasteiger partial charge in [-0.05, 0) is 50.1 Å². The zero-order valence-electron chi connectivity index (χ0n) is 21.1. The summed E-state index contributed by atoms with van der Waals surface area (Å²) < 4.78 is 5.85. The maximum absolute atomic E-state index is 12.7. The minimum Gasteiger partial charge on any atom is -0.424 e. The van der Waals surface area contributed by atoms with Gasteiger partial charge in [-0.2, -0.15) is 4.98 Å². The molecule has 0 unspecified atom stereocenters. The van der Waals surface area contributed by atoms with Gasteiger partial charge in [-0.1, -0.05) is 52.7 Å². The van der Waals surface area contributed by atoms with Crippen LogP contribution < -0.4 is 10.6 Å². The highest BCUT2D eigenvalue weighted by atomic mass is 35.5. The number of aromatic nitrogens is 2. The van der Waals surface area contributed by atoms with Crippen molar-refractivity contribution in [1.29, 1.82) is 0 Å². The van der Waals surface area contributed by atoms with Gasteiger partial charge in [-0.3, -0.25) is 4.79 Å². The second-order valence-corrected chi connectivity index (χ2v) is 8.97. The number of hydrogen-bond acceptors (Lipinski definition) is 6. The molecular formula is C27H35ClN4O2S. The van der Waals surface area contributed by atoms with Crippen LogP contribution in [0.2, 0.25) is 0 Å². The molecular weight excluding hydrogens is 480 g/mol. The molecule has 4 rings (SSSR count). The first kappa shape index (κ1) is 28.3. The second kappa shape index (κ2) is 13.9. The molecule has 0 saturated heterocycles. The Bertz CT molecular complexity index is 1200. The van der Waals surface area contributed by atoms with Crippen molar-refractivity contribution < 1.29 is 9.21 Å². The van der Waals surface area contributed by atoms with Crippen LogP contribution in [0.1, 0.15) is 68.7 Å². The van der Waals surface area contributed by atoms with Crippen LogP contribution in [0, 0.1) is 6.92 Å². The lowest BCUT2D eigenvalue weighted by Crippen LogP contribution is -2.18. The van der Waals surface area contributed by atoms with Gasteiger partial charge in [0.05, 0.1) is 10.7 Å². The fraction of sp³-hybridized carbons (Fsp3) is 0.370. The normalized spacial score (nSPS) is 10.5. The number of thiazole rings is 1. The number of carbonyl (C=O) groups excluding carboxylic acids is 1. The van der Waals surface area contributed by atoms with E-state index >= 15 is 0 Å². The molecule has 0 aliphatic heterocycles. The first-order valence-electron chi connectivity index (χ1n) is 12.1. The molecule has 0 atom stereocenters. The largest absolute Gasteiger partial charge is 0.424 e. The number of carbonyl (C=O) groups is 1. The van der Waals surface area contributed by atoms with E-state index in [1.165, 1.54) is 0 Å². The number of nitrogens with zero attached hydrogens (tertiary/aromatic N) is 2. The zero-order chi connectivity index (χ0) is 24.5. The minimum atomic E-state index is -0.168. The number of benzene rings is 2. The van der Waals surface area contributed by atoms with E-state index < -0.39 is 0 Å². The van der Waals surface area contributed by atoms with Crippen LogP contribution in [-0.2, 0) is 0 Å². The topological polar surface area (TPSA) is 80.0 Å². The van der Waals surface area contributed by atoms with Gasteiger partial charge >= 0.3 is 0 Å². The molecule has 0 aliphatic carbocycles. The van der Waals surface area contributed by atoms with Gasteiger partial charge in [0.25, 0.3) is 11.9 Å². The summed E-state index contributed by atoms with van der Waals surface area (Å²) in [4.78, 5) is 21.8. The predicted octanol–water partition coefficient (Wildman–Crippen LogP) is 8.34. The van der Waals surface area contributed by atoms with Crippen molar-refractivity contribution in [2.75, 3.05) is 10.6 Å². The van der Waals surface area contributed by atoms with Crippen LogP contribution in [0.4, 0.5) is 11.7 Å². The molecule has 1 amide bonds. The molecule has 4 aromatic rings. The lowest BCUT2D eigenvalue weighted by Gasteiger charge is -2.15. The number of fused-ring (bicyclic) bond motifs is 1. The van der Waals surface area contributed by atoms with Crippen LogP contribution in [0.3, 0.4) is 0 Å². The number of nitrogens with one attached hydrogen (secondary N) is 2. The Kier molecular flexibility index (Phi) is 11.2. The van der Waals surface area contributed by atoms with Gasteiger partial charge in [0.2, 0.25) is 0 Å². The van der Waals surface area contributed by atoms with Crippen molar-refractivity contribution in [3.63, 3.8) is 0 Å². The molecule has 0 saturated carbocycles. The summed E-state index contributed by atoms with van der Waals surface area (Å²) in [7, 11) is 0. The highest BCUT2D eigenvalue weighted by Gasteiger charge is 2.13. The van der Waals surface area contributed by atoms with Crippen LogP contribution in [0.5, 0.6) is 0 Å². The smallest absolute Gasteiger partial charge is 0.295 e. The number of oxazole rings is 1. The molecule has 188 valence electrons. The van der Waals surface area contributed by atoms with Gasteiger partial charge in [0, 0.05) is 28.2 Å². The highest BCUT2D eigenvalue weighted by molar-refractivity contribution is 7.09. The molecule has 2 heterocycles. The Hall–Kier alpha value is -2.90. The van der Waals surface area contributed by atoms with Crippen molar-refractivity contribution in [2.45, 2.75) is 66.3 Å². The third kappa shape index (κ3) is 7.54. The first-order chi connectivity index (χ1) is 16.6. The molecule has 6 nitrogen and oxygen atoms in total. The average molecular weight is 515 g/mol. The summed E-state index contributed by atoms with van der Waals surface area (Å²) >= 11 is 1.61. The molecule has 0 fully saturated rings. The zero-order valence-corrected chi connectivity index (χ0v) is 22.7. The van der Waals surface area contributed by atoms with Gasteiger partial charge in [0.15, 0.2) is 5.58 Å². The monoisotopic (exact) mass is 514 g/mol. The Morgan fingerprint density at radius 1 is 1.03 bits per heavy atom. The molecule has 0 spiro atoms. The van der Waals surface area contributed by atoms with Crippen LogP contribution in [0.15, 0.2) is 52.3 Å². The van der Waals surface area contributed by atoms with Gasteiger partial charge < -0.3 is 15.1 Å². The van der Waals surface area contributed by atoms with Crippen LogP contribution >= 0.6 is 23.7 Å². The molecule has 0 aliphatic rings. The van der Waals surface area contributed by atoms with E-state index in [-0.39, 0.29) is 18.3 Å². The van der Waals surface area contributed by atoms with Crippen molar-refractivity contribution in [2.24, 2.45) is 0 Å². The third-order valence-corrected chi connectivity index (χ3v) is 6.08. The number of halogens is 1. The van der Waals surface area contributed by atoms with Crippen molar-refractivity contribution in [1.82, 2.24) is 9.97 Å².